The monoisotopic (exact) mass is 392 g/mol. The molecule has 0 fully saturated rings. The molecule has 3 aromatic rings. The minimum Gasteiger partial charge on any atom is -0.493 e. The Kier molecular flexibility index (Phi) is 5.20. The van der Waals surface area contributed by atoms with Crippen molar-refractivity contribution in [2.24, 2.45) is 0 Å². The number of aryl methyl sites for hydroxylation is 1. The molecule has 1 aromatic heterocycles. The summed E-state index contributed by atoms with van der Waals surface area (Å²) in [5.74, 6) is 0.895. The lowest BCUT2D eigenvalue weighted by molar-refractivity contribution is 0.102. The summed E-state index contributed by atoms with van der Waals surface area (Å²) in [5, 5.41) is 3.88. The number of nitrogens with one attached hydrogen (secondary N) is 1. The second kappa shape index (κ2) is 7.39. The van der Waals surface area contributed by atoms with Gasteiger partial charge in [0.1, 0.15) is 0 Å². The zero-order chi connectivity index (χ0) is 18.8. The number of fused-ring (bicyclic) bond motifs is 1. The zero-order valence-corrected chi connectivity index (χ0v) is 16.2. The number of hydrogen-bond acceptors (Lipinski definition) is 6. The predicted molar refractivity (Wildman–Crippen MR) is 103 cm³/mol. The van der Waals surface area contributed by atoms with Crippen molar-refractivity contribution in [3.8, 4) is 17.2 Å². The molecule has 0 aliphatic heterocycles. The number of nitrogens with zero attached hydrogens (tertiary/aromatic N) is 1. The van der Waals surface area contributed by atoms with Gasteiger partial charge in [-0.3, -0.25) is 10.1 Å². The first kappa shape index (κ1) is 18.3. The summed E-state index contributed by atoms with van der Waals surface area (Å²) in [6.07, 6.45) is 0. The van der Waals surface area contributed by atoms with E-state index in [-0.39, 0.29) is 5.91 Å². The molecule has 6 nitrogen and oxygen atoms in total. The number of thiazole rings is 1. The van der Waals surface area contributed by atoms with Gasteiger partial charge in [0.25, 0.3) is 5.91 Å². The molecule has 0 radical (unpaired) electrons. The van der Waals surface area contributed by atoms with Gasteiger partial charge < -0.3 is 14.2 Å². The largest absolute Gasteiger partial charge is 0.493 e. The van der Waals surface area contributed by atoms with E-state index in [1.165, 1.54) is 32.7 Å². The number of aromatic nitrogens is 1. The maximum absolute atomic E-state index is 12.7. The number of carbonyl (C=O) groups excluding carboxylic acids is 1. The van der Waals surface area contributed by atoms with E-state index < -0.39 is 0 Å². The number of amides is 1. The van der Waals surface area contributed by atoms with E-state index in [0.29, 0.717) is 33.0 Å². The maximum Gasteiger partial charge on any atom is 0.257 e. The third kappa shape index (κ3) is 3.27. The summed E-state index contributed by atoms with van der Waals surface area (Å²) >= 11 is 7.55. The number of halogens is 1. The van der Waals surface area contributed by atoms with Crippen LogP contribution in [0.2, 0.25) is 5.02 Å². The van der Waals surface area contributed by atoms with Crippen LogP contribution in [0.3, 0.4) is 0 Å². The number of methoxy groups -OCH3 is 3. The minimum atomic E-state index is -0.336. The normalized spacial score (nSPS) is 10.7. The average molecular weight is 393 g/mol. The molecule has 0 aliphatic carbocycles. The highest BCUT2D eigenvalue weighted by Gasteiger charge is 2.18. The van der Waals surface area contributed by atoms with Crippen LogP contribution in [0.4, 0.5) is 5.13 Å². The third-order valence-electron chi connectivity index (χ3n) is 3.84. The smallest absolute Gasteiger partial charge is 0.257 e. The van der Waals surface area contributed by atoms with E-state index in [1.807, 2.05) is 19.1 Å². The fraction of sp³-hybridized carbons (Fsp3) is 0.222. The van der Waals surface area contributed by atoms with Gasteiger partial charge in [-0.2, -0.15) is 0 Å². The first-order valence-electron chi connectivity index (χ1n) is 7.65. The lowest BCUT2D eigenvalue weighted by Crippen LogP contribution is -2.12. The van der Waals surface area contributed by atoms with E-state index >= 15 is 0 Å². The lowest BCUT2D eigenvalue weighted by Gasteiger charge is -2.13. The number of benzene rings is 2. The summed E-state index contributed by atoms with van der Waals surface area (Å²) in [6, 6.07) is 6.89. The molecule has 136 valence electrons. The van der Waals surface area contributed by atoms with Crippen molar-refractivity contribution in [2.45, 2.75) is 6.92 Å². The molecular formula is C18H17ClN2O4S. The van der Waals surface area contributed by atoms with Crippen molar-refractivity contribution in [3.63, 3.8) is 0 Å². The predicted octanol–water partition coefficient (Wildman–Crippen LogP) is 4.54. The van der Waals surface area contributed by atoms with Gasteiger partial charge in [-0.05, 0) is 30.7 Å². The van der Waals surface area contributed by atoms with Crippen LogP contribution < -0.4 is 19.5 Å². The molecule has 0 saturated carbocycles. The Hall–Kier alpha value is -2.51. The Balaban J connectivity index is 1.95. The van der Waals surface area contributed by atoms with Crippen molar-refractivity contribution < 1.29 is 19.0 Å². The molecule has 0 bridgehead atoms. The van der Waals surface area contributed by atoms with E-state index in [2.05, 4.69) is 10.3 Å². The lowest BCUT2D eigenvalue weighted by atomic mass is 10.1. The summed E-state index contributed by atoms with van der Waals surface area (Å²) in [7, 11) is 4.50. The number of anilines is 1. The molecule has 8 heteroatoms. The molecule has 0 unspecified atom stereocenters. The Bertz CT molecular complexity index is 923. The van der Waals surface area contributed by atoms with Crippen LogP contribution in [0.5, 0.6) is 17.2 Å². The van der Waals surface area contributed by atoms with Crippen molar-refractivity contribution in [1.82, 2.24) is 4.98 Å². The number of ether oxygens (including phenoxy) is 3. The fourth-order valence-corrected chi connectivity index (χ4v) is 3.75. The molecule has 0 aliphatic rings. The Labute approximate surface area is 159 Å². The summed E-state index contributed by atoms with van der Waals surface area (Å²) in [6.45, 7) is 1.95. The quantitative estimate of drug-likeness (QED) is 0.690. The van der Waals surface area contributed by atoms with Crippen molar-refractivity contribution in [3.05, 3.63) is 40.4 Å². The van der Waals surface area contributed by atoms with Gasteiger partial charge in [0, 0.05) is 5.56 Å². The molecule has 1 heterocycles. The molecule has 0 saturated heterocycles. The van der Waals surface area contributed by atoms with Gasteiger partial charge >= 0.3 is 0 Å². The molecule has 1 N–H and O–H groups in total. The fourth-order valence-electron chi connectivity index (χ4n) is 2.54. The maximum atomic E-state index is 12.7. The Morgan fingerprint density at radius 1 is 1.12 bits per heavy atom. The standard InChI is InChI=1S/C18H17ClN2O4S/c1-9-5-6-11(19)16-14(9)20-18(26-16)21-17(22)10-7-12(23-2)15(25-4)13(8-10)24-3/h5-8H,1-4H3,(H,20,21,22). The third-order valence-corrected chi connectivity index (χ3v) is 5.28. The molecule has 26 heavy (non-hydrogen) atoms. The second-order valence-electron chi connectivity index (χ2n) is 5.43. The van der Waals surface area contributed by atoms with Gasteiger partial charge in [0.15, 0.2) is 16.6 Å². The van der Waals surface area contributed by atoms with Gasteiger partial charge in [0.05, 0.1) is 36.6 Å². The number of hydrogen-bond donors (Lipinski definition) is 1. The van der Waals surface area contributed by atoms with Crippen LogP contribution in [0.25, 0.3) is 10.2 Å². The number of rotatable bonds is 5. The van der Waals surface area contributed by atoms with Gasteiger partial charge in [-0.1, -0.05) is 29.0 Å². The number of carbonyl (C=O) groups is 1. The van der Waals surface area contributed by atoms with Crippen LogP contribution in [0.1, 0.15) is 15.9 Å². The molecule has 3 rings (SSSR count). The highest BCUT2D eigenvalue weighted by atomic mass is 35.5. The molecule has 1 amide bonds. The molecular weight excluding hydrogens is 376 g/mol. The van der Waals surface area contributed by atoms with Crippen molar-refractivity contribution in [2.75, 3.05) is 26.6 Å². The topological polar surface area (TPSA) is 69.7 Å². The molecule has 0 atom stereocenters. The van der Waals surface area contributed by atoms with Crippen molar-refractivity contribution >= 4 is 44.2 Å². The van der Waals surface area contributed by atoms with Crippen molar-refractivity contribution in [1.29, 1.82) is 0 Å². The second-order valence-corrected chi connectivity index (χ2v) is 6.84. The van der Waals surface area contributed by atoms with Crippen LogP contribution >= 0.6 is 22.9 Å². The van der Waals surface area contributed by atoms with Crippen LogP contribution in [-0.4, -0.2) is 32.2 Å². The Morgan fingerprint density at radius 2 is 1.77 bits per heavy atom. The Morgan fingerprint density at radius 3 is 2.31 bits per heavy atom. The average Bonchev–Trinajstić information content (AvgIpc) is 3.08. The summed E-state index contributed by atoms with van der Waals surface area (Å²) in [5.41, 5.74) is 2.14. The van der Waals surface area contributed by atoms with Crippen LogP contribution in [0, 0.1) is 6.92 Å². The highest BCUT2D eigenvalue weighted by molar-refractivity contribution is 7.23. The van der Waals surface area contributed by atoms with Crippen LogP contribution in [0.15, 0.2) is 24.3 Å². The molecule has 0 spiro atoms. The first-order chi connectivity index (χ1) is 12.5. The van der Waals surface area contributed by atoms with Gasteiger partial charge in [-0.15, -0.1) is 0 Å². The van der Waals surface area contributed by atoms with Crippen LogP contribution in [-0.2, 0) is 0 Å². The SMILES string of the molecule is COc1cc(C(=O)Nc2nc3c(C)ccc(Cl)c3s2)cc(OC)c1OC. The summed E-state index contributed by atoms with van der Waals surface area (Å²) in [4.78, 5) is 17.1. The van der Waals surface area contributed by atoms with Gasteiger partial charge in [0.2, 0.25) is 5.75 Å². The minimum absolute atomic E-state index is 0.336. The first-order valence-corrected chi connectivity index (χ1v) is 8.85. The van der Waals surface area contributed by atoms with E-state index in [1.54, 1.807) is 12.1 Å². The van der Waals surface area contributed by atoms with E-state index in [0.717, 1.165) is 15.8 Å². The zero-order valence-electron chi connectivity index (χ0n) is 14.7. The highest BCUT2D eigenvalue weighted by Crippen LogP contribution is 2.39. The molecule has 2 aromatic carbocycles. The van der Waals surface area contributed by atoms with E-state index in [9.17, 15) is 4.79 Å². The van der Waals surface area contributed by atoms with Gasteiger partial charge in [-0.25, -0.2) is 4.98 Å². The van der Waals surface area contributed by atoms with E-state index in [4.69, 9.17) is 25.8 Å². The summed E-state index contributed by atoms with van der Waals surface area (Å²) < 4.78 is 16.7.